The van der Waals surface area contributed by atoms with Crippen LogP contribution < -0.4 is 5.32 Å². The number of carbonyl (C=O) groups excluding carboxylic acids is 1. The Morgan fingerprint density at radius 2 is 2.13 bits per heavy atom. The molecule has 5 nitrogen and oxygen atoms in total. The van der Waals surface area contributed by atoms with Gasteiger partial charge in [0.2, 0.25) is 0 Å². The minimum Gasteiger partial charge on any atom is -0.334 e. The first-order chi connectivity index (χ1) is 11.2. The van der Waals surface area contributed by atoms with Gasteiger partial charge in [0.15, 0.2) is 0 Å². The number of likely N-dealkylation sites (tertiary alicyclic amines) is 1. The molecule has 1 aromatic heterocycles. The topological polar surface area (TPSA) is 50.2 Å². The molecule has 2 heterocycles. The van der Waals surface area contributed by atoms with Gasteiger partial charge in [0.25, 0.3) is 0 Å². The molecule has 2 amide bonds. The average Bonchev–Trinajstić information content (AvgIpc) is 3.07. The number of aromatic nitrogens is 2. The van der Waals surface area contributed by atoms with Gasteiger partial charge in [-0.3, -0.25) is 4.68 Å². The Bertz CT molecular complexity index is 638. The summed E-state index contributed by atoms with van der Waals surface area (Å²) in [5.41, 5.74) is 2.32. The third-order valence-electron chi connectivity index (χ3n) is 4.38. The number of nitrogens with zero attached hydrogens (tertiary/aromatic N) is 3. The van der Waals surface area contributed by atoms with Crippen LogP contribution in [0.4, 0.5) is 4.79 Å². The SMILES string of the molecule is CC1CCCN(C(=O)NCc2ccccc2Cn2cccn2)C1. The molecule has 0 radical (unpaired) electrons. The molecule has 122 valence electrons. The number of hydrogen-bond acceptors (Lipinski definition) is 2. The van der Waals surface area contributed by atoms with Crippen LogP contribution in [0.25, 0.3) is 0 Å². The maximum absolute atomic E-state index is 12.3. The number of carbonyl (C=O) groups is 1. The van der Waals surface area contributed by atoms with Gasteiger partial charge < -0.3 is 10.2 Å². The van der Waals surface area contributed by atoms with Crippen LogP contribution in [-0.2, 0) is 13.1 Å². The van der Waals surface area contributed by atoms with Crippen LogP contribution in [0.3, 0.4) is 0 Å². The second-order valence-corrected chi connectivity index (χ2v) is 6.32. The second kappa shape index (κ2) is 7.31. The summed E-state index contributed by atoms with van der Waals surface area (Å²) in [5, 5.41) is 7.32. The van der Waals surface area contributed by atoms with E-state index in [-0.39, 0.29) is 6.03 Å². The Labute approximate surface area is 137 Å². The number of benzene rings is 1. The summed E-state index contributed by atoms with van der Waals surface area (Å²) in [6, 6.07) is 10.2. The minimum atomic E-state index is 0.0467. The zero-order chi connectivity index (χ0) is 16.1. The van der Waals surface area contributed by atoms with Crippen molar-refractivity contribution in [2.75, 3.05) is 13.1 Å². The molecule has 5 heteroatoms. The third-order valence-corrected chi connectivity index (χ3v) is 4.38. The van der Waals surface area contributed by atoms with Crippen LogP contribution in [0.5, 0.6) is 0 Å². The monoisotopic (exact) mass is 312 g/mol. The van der Waals surface area contributed by atoms with Crippen molar-refractivity contribution in [3.8, 4) is 0 Å². The van der Waals surface area contributed by atoms with Crippen LogP contribution in [0.2, 0.25) is 0 Å². The zero-order valence-corrected chi connectivity index (χ0v) is 13.6. The molecule has 1 aliphatic rings. The van der Waals surface area contributed by atoms with Crippen molar-refractivity contribution in [2.45, 2.75) is 32.9 Å². The molecule has 1 N–H and O–H groups in total. The van der Waals surface area contributed by atoms with E-state index in [0.717, 1.165) is 31.6 Å². The molecule has 2 aromatic rings. The molecule has 1 unspecified atom stereocenters. The van der Waals surface area contributed by atoms with Crippen LogP contribution in [-0.4, -0.2) is 33.8 Å². The summed E-state index contributed by atoms with van der Waals surface area (Å²) >= 11 is 0. The Hall–Kier alpha value is -2.30. The van der Waals surface area contributed by atoms with Crippen molar-refractivity contribution in [3.05, 3.63) is 53.9 Å². The first-order valence-corrected chi connectivity index (χ1v) is 8.29. The fraction of sp³-hybridized carbons (Fsp3) is 0.444. The molecule has 0 aliphatic carbocycles. The highest BCUT2D eigenvalue weighted by Gasteiger charge is 2.20. The average molecular weight is 312 g/mol. The highest BCUT2D eigenvalue weighted by atomic mass is 16.2. The molecule has 0 saturated carbocycles. The number of urea groups is 1. The van der Waals surface area contributed by atoms with E-state index in [2.05, 4.69) is 29.5 Å². The highest BCUT2D eigenvalue weighted by Crippen LogP contribution is 2.16. The van der Waals surface area contributed by atoms with Crippen molar-refractivity contribution >= 4 is 6.03 Å². The first-order valence-electron chi connectivity index (χ1n) is 8.29. The van der Waals surface area contributed by atoms with E-state index in [4.69, 9.17) is 0 Å². The van der Waals surface area contributed by atoms with Crippen LogP contribution in [0.15, 0.2) is 42.7 Å². The van der Waals surface area contributed by atoms with Crippen molar-refractivity contribution in [3.63, 3.8) is 0 Å². The molecule has 1 aromatic carbocycles. The van der Waals surface area contributed by atoms with Gasteiger partial charge >= 0.3 is 6.03 Å². The third kappa shape index (κ3) is 4.12. The molecule has 0 bridgehead atoms. The van der Waals surface area contributed by atoms with Crippen molar-refractivity contribution in [1.82, 2.24) is 20.0 Å². The van der Waals surface area contributed by atoms with E-state index in [0.29, 0.717) is 12.5 Å². The van der Waals surface area contributed by atoms with E-state index in [9.17, 15) is 4.79 Å². The fourth-order valence-corrected chi connectivity index (χ4v) is 3.11. The van der Waals surface area contributed by atoms with E-state index in [1.54, 1.807) is 6.20 Å². The quantitative estimate of drug-likeness (QED) is 0.944. The van der Waals surface area contributed by atoms with Crippen LogP contribution >= 0.6 is 0 Å². The predicted molar refractivity (Wildman–Crippen MR) is 90.0 cm³/mol. The Balaban J connectivity index is 1.60. The van der Waals surface area contributed by atoms with Crippen molar-refractivity contribution in [1.29, 1.82) is 0 Å². The lowest BCUT2D eigenvalue weighted by molar-refractivity contribution is 0.169. The van der Waals surface area contributed by atoms with Gasteiger partial charge in [-0.15, -0.1) is 0 Å². The van der Waals surface area contributed by atoms with Crippen molar-refractivity contribution in [2.24, 2.45) is 5.92 Å². The Morgan fingerprint density at radius 3 is 2.87 bits per heavy atom. The Kier molecular flexibility index (Phi) is 4.95. The predicted octanol–water partition coefficient (Wildman–Crippen LogP) is 2.87. The molecule has 0 spiro atoms. The summed E-state index contributed by atoms with van der Waals surface area (Å²) in [7, 11) is 0. The lowest BCUT2D eigenvalue weighted by atomic mass is 10.0. The molecule has 1 atom stereocenters. The summed E-state index contributed by atoms with van der Waals surface area (Å²) in [6.07, 6.45) is 6.05. The van der Waals surface area contributed by atoms with E-state index in [1.807, 2.05) is 34.0 Å². The summed E-state index contributed by atoms with van der Waals surface area (Å²) in [5.74, 6) is 0.599. The number of hydrogen-bond donors (Lipinski definition) is 1. The molecule has 23 heavy (non-hydrogen) atoms. The largest absolute Gasteiger partial charge is 0.334 e. The highest BCUT2D eigenvalue weighted by molar-refractivity contribution is 5.74. The maximum Gasteiger partial charge on any atom is 0.317 e. The van der Waals surface area contributed by atoms with Crippen LogP contribution in [0.1, 0.15) is 30.9 Å². The summed E-state index contributed by atoms with van der Waals surface area (Å²) < 4.78 is 1.90. The van der Waals surface area contributed by atoms with E-state index >= 15 is 0 Å². The molecular weight excluding hydrogens is 288 g/mol. The van der Waals surface area contributed by atoms with Gasteiger partial charge in [0, 0.05) is 32.0 Å². The maximum atomic E-state index is 12.3. The smallest absolute Gasteiger partial charge is 0.317 e. The lowest BCUT2D eigenvalue weighted by Gasteiger charge is -2.31. The van der Waals surface area contributed by atoms with Gasteiger partial charge in [-0.2, -0.15) is 5.10 Å². The fourth-order valence-electron chi connectivity index (χ4n) is 3.11. The molecule has 1 aliphatic heterocycles. The molecule has 3 rings (SSSR count). The standard InChI is InChI=1S/C18H24N4O/c1-15-6-4-10-21(13-15)18(23)19-12-16-7-2-3-8-17(16)14-22-11-5-9-20-22/h2-3,5,7-9,11,15H,4,6,10,12-14H2,1H3,(H,19,23). The van der Waals surface area contributed by atoms with Gasteiger partial charge in [-0.05, 0) is 36.0 Å². The summed E-state index contributed by atoms with van der Waals surface area (Å²) in [4.78, 5) is 14.3. The normalized spacial score (nSPS) is 18.0. The zero-order valence-electron chi connectivity index (χ0n) is 13.6. The minimum absolute atomic E-state index is 0.0467. The second-order valence-electron chi connectivity index (χ2n) is 6.32. The first kappa shape index (κ1) is 15.6. The van der Waals surface area contributed by atoms with Gasteiger partial charge in [0.1, 0.15) is 0 Å². The number of nitrogens with one attached hydrogen (secondary N) is 1. The Morgan fingerprint density at radius 1 is 1.30 bits per heavy atom. The molecular formula is C18H24N4O. The number of amides is 2. The van der Waals surface area contributed by atoms with E-state index < -0.39 is 0 Å². The van der Waals surface area contributed by atoms with E-state index in [1.165, 1.54) is 12.0 Å². The van der Waals surface area contributed by atoms with Gasteiger partial charge in [-0.1, -0.05) is 31.2 Å². The van der Waals surface area contributed by atoms with Gasteiger partial charge in [-0.25, -0.2) is 4.79 Å². The van der Waals surface area contributed by atoms with Crippen LogP contribution in [0, 0.1) is 5.92 Å². The van der Waals surface area contributed by atoms with Gasteiger partial charge in [0.05, 0.1) is 6.54 Å². The lowest BCUT2D eigenvalue weighted by Crippen LogP contribution is -2.44. The van der Waals surface area contributed by atoms with Crippen molar-refractivity contribution < 1.29 is 4.79 Å². The summed E-state index contributed by atoms with van der Waals surface area (Å²) in [6.45, 7) is 5.21. The molecule has 1 saturated heterocycles. The number of rotatable bonds is 4. The molecule has 1 fully saturated rings. The number of piperidine rings is 1.